The highest BCUT2D eigenvalue weighted by atomic mass is 32.2. The number of amides is 1. The van der Waals surface area contributed by atoms with Crippen molar-refractivity contribution in [2.45, 2.75) is 19.3 Å². The van der Waals surface area contributed by atoms with Crippen LogP contribution in [0.3, 0.4) is 0 Å². The van der Waals surface area contributed by atoms with Gasteiger partial charge in [-0.3, -0.25) is 9.59 Å². The lowest BCUT2D eigenvalue weighted by molar-refractivity contribution is -0.141. The molecule has 4 nitrogen and oxygen atoms in total. The molecule has 0 saturated carbocycles. The van der Waals surface area contributed by atoms with Crippen molar-refractivity contribution in [2.24, 2.45) is 5.92 Å². The minimum atomic E-state index is -0.211. The topological polar surface area (TPSA) is 46.6 Å². The standard InChI is InChI=1S/C11H19NO3S/c1-12(6-3-4-10(13)15-2)11(14)9-5-7-16-8-9/h9H,3-8H2,1-2H3. The SMILES string of the molecule is COC(=O)CCCN(C)C(=O)C1CCSC1. The molecule has 1 rings (SSSR count). The third-order valence-corrected chi connectivity index (χ3v) is 3.92. The third-order valence-electron chi connectivity index (χ3n) is 2.76. The van der Waals surface area contributed by atoms with Crippen molar-refractivity contribution in [3.63, 3.8) is 0 Å². The molecule has 1 atom stereocenters. The monoisotopic (exact) mass is 245 g/mol. The van der Waals surface area contributed by atoms with Crippen molar-refractivity contribution in [1.82, 2.24) is 4.90 Å². The molecule has 1 saturated heterocycles. The van der Waals surface area contributed by atoms with Gasteiger partial charge in [-0.15, -0.1) is 0 Å². The predicted molar refractivity (Wildman–Crippen MR) is 64.3 cm³/mol. The number of carbonyl (C=O) groups is 2. The minimum absolute atomic E-state index is 0.188. The van der Waals surface area contributed by atoms with Crippen LogP contribution in [-0.2, 0) is 14.3 Å². The predicted octanol–water partition coefficient (Wildman–Crippen LogP) is 1.15. The van der Waals surface area contributed by atoms with Gasteiger partial charge in [0.15, 0.2) is 0 Å². The quantitative estimate of drug-likeness (QED) is 0.682. The van der Waals surface area contributed by atoms with E-state index in [0.717, 1.165) is 17.9 Å². The molecule has 1 fully saturated rings. The third kappa shape index (κ3) is 4.04. The zero-order valence-corrected chi connectivity index (χ0v) is 10.7. The second kappa shape index (κ2) is 6.78. The Morgan fingerprint density at radius 1 is 1.50 bits per heavy atom. The molecule has 5 heteroatoms. The van der Waals surface area contributed by atoms with Gasteiger partial charge in [0.2, 0.25) is 5.91 Å². The van der Waals surface area contributed by atoms with Crippen LogP contribution in [0.5, 0.6) is 0 Å². The normalized spacial score (nSPS) is 19.5. The Kier molecular flexibility index (Phi) is 5.66. The van der Waals surface area contributed by atoms with E-state index in [-0.39, 0.29) is 17.8 Å². The molecule has 0 N–H and O–H groups in total. The van der Waals surface area contributed by atoms with Gasteiger partial charge in [-0.25, -0.2) is 0 Å². The summed E-state index contributed by atoms with van der Waals surface area (Å²) in [4.78, 5) is 24.5. The fourth-order valence-electron chi connectivity index (χ4n) is 1.71. The van der Waals surface area contributed by atoms with Gasteiger partial charge in [0.25, 0.3) is 0 Å². The molecule has 1 heterocycles. The Bertz CT molecular complexity index is 252. The summed E-state index contributed by atoms with van der Waals surface area (Å²) < 4.78 is 4.55. The van der Waals surface area contributed by atoms with E-state index in [1.165, 1.54) is 7.11 Å². The molecule has 1 amide bonds. The Labute approximate surface area is 101 Å². The van der Waals surface area contributed by atoms with Crippen LogP contribution in [0.2, 0.25) is 0 Å². The molecule has 0 radical (unpaired) electrons. The van der Waals surface area contributed by atoms with Crippen molar-refractivity contribution in [1.29, 1.82) is 0 Å². The number of nitrogens with zero attached hydrogens (tertiary/aromatic N) is 1. The number of rotatable bonds is 5. The van der Waals surface area contributed by atoms with Crippen molar-refractivity contribution >= 4 is 23.6 Å². The maximum Gasteiger partial charge on any atom is 0.305 e. The van der Waals surface area contributed by atoms with Gasteiger partial charge in [0.1, 0.15) is 0 Å². The Balaban J connectivity index is 2.20. The van der Waals surface area contributed by atoms with Crippen LogP contribution in [0.25, 0.3) is 0 Å². The number of hydrogen-bond donors (Lipinski definition) is 0. The summed E-state index contributed by atoms with van der Waals surface area (Å²) in [5.74, 6) is 2.23. The molecule has 92 valence electrons. The first kappa shape index (κ1) is 13.4. The molecule has 0 aromatic rings. The molecule has 0 bridgehead atoms. The first-order chi connectivity index (χ1) is 7.65. The fourth-order valence-corrected chi connectivity index (χ4v) is 2.93. The molecule has 1 unspecified atom stereocenters. The van der Waals surface area contributed by atoms with Crippen LogP contribution in [0.1, 0.15) is 19.3 Å². The van der Waals surface area contributed by atoms with Gasteiger partial charge in [0.05, 0.1) is 7.11 Å². The van der Waals surface area contributed by atoms with Crippen LogP contribution >= 0.6 is 11.8 Å². The second-order valence-electron chi connectivity index (χ2n) is 4.00. The Morgan fingerprint density at radius 3 is 2.81 bits per heavy atom. The summed E-state index contributed by atoms with van der Waals surface area (Å²) in [6.45, 7) is 0.634. The average molecular weight is 245 g/mol. The summed E-state index contributed by atoms with van der Waals surface area (Å²) in [5, 5.41) is 0. The van der Waals surface area contributed by atoms with Crippen molar-refractivity contribution in [2.75, 3.05) is 32.2 Å². The zero-order valence-electron chi connectivity index (χ0n) is 9.90. The maximum atomic E-state index is 11.9. The van der Waals surface area contributed by atoms with E-state index in [4.69, 9.17) is 0 Å². The molecule has 16 heavy (non-hydrogen) atoms. The lowest BCUT2D eigenvalue weighted by atomic mass is 10.1. The lowest BCUT2D eigenvalue weighted by Gasteiger charge is -2.20. The number of thioether (sulfide) groups is 1. The highest BCUT2D eigenvalue weighted by molar-refractivity contribution is 7.99. The van der Waals surface area contributed by atoms with E-state index < -0.39 is 0 Å². The van der Waals surface area contributed by atoms with Gasteiger partial charge < -0.3 is 9.64 Å². The lowest BCUT2D eigenvalue weighted by Crippen LogP contribution is -2.33. The Hall–Kier alpha value is -0.710. The number of methoxy groups -OCH3 is 1. The molecule has 1 aliphatic rings. The summed E-state index contributed by atoms with van der Waals surface area (Å²) in [5.41, 5.74) is 0. The van der Waals surface area contributed by atoms with E-state index in [1.807, 2.05) is 18.8 Å². The average Bonchev–Trinajstić information content (AvgIpc) is 2.81. The first-order valence-corrected chi connectivity index (χ1v) is 6.70. The van der Waals surface area contributed by atoms with Gasteiger partial charge >= 0.3 is 5.97 Å². The number of hydrogen-bond acceptors (Lipinski definition) is 4. The van der Waals surface area contributed by atoms with Crippen LogP contribution in [0.4, 0.5) is 0 Å². The summed E-state index contributed by atoms with van der Waals surface area (Å²) >= 11 is 1.84. The Morgan fingerprint density at radius 2 is 2.25 bits per heavy atom. The molecule has 0 aliphatic carbocycles. The van der Waals surface area contributed by atoms with E-state index in [1.54, 1.807) is 4.90 Å². The van der Waals surface area contributed by atoms with Gasteiger partial charge in [-0.05, 0) is 18.6 Å². The summed E-state index contributed by atoms with van der Waals surface area (Å²) in [6, 6.07) is 0. The van der Waals surface area contributed by atoms with E-state index in [9.17, 15) is 9.59 Å². The smallest absolute Gasteiger partial charge is 0.305 e. The number of carbonyl (C=O) groups excluding carboxylic acids is 2. The molecule has 0 aromatic heterocycles. The molecule has 1 aliphatic heterocycles. The first-order valence-electron chi connectivity index (χ1n) is 5.54. The maximum absolute atomic E-state index is 11.9. The van der Waals surface area contributed by atoms with Crippen molar-refractivity contribution in [3.8, 4) is 0 Å². The van der Waals surface area contributed by atoms with Crippen molar-refractivity contribution in [3.05, 3.63) is 0 Å². The molecule has 0 spiro atoms. The second-order valence-corrected chi connectivity index (χ2v) is 5.15. The van der Waals surface area contributed by atoms with Gasteiger partial charge in [0, 0.05) is 31.7 Å². The van der Waals surface area contributed by atoms with E-state index in [2.05, 4.69) is 4.74 Å². The van der Waals surface area contributed by atoms with E-state index in [0.29, 0.717) is 19.4 Å². The van der Waals surface area contributed by atoms with Crippen LogP contribution < -0.4 is 0 Å². The summed E-state index contributed by atoms with van der Waals surface area (Å²) in [6.07, 6.45) is 2.05. The highest BCUT2D eigenvalue weighted by Gasteiger charge is 2.25. The largest absolute Gasteiger partial charge is 0.469 e. The minimum Gasteiger partial charge on any atom is -0.469 e. The van der Waals surface area contributed by atoms with Crippen LogP contribution in [0.15, 0.2) is 0 Å². The molecular weight excluding hydrogens is 226 g/mol. The fraction of sp³-hybridized carbons (Fsp3) is 0.818. The van der Waals surface area contributed by atoms with Gasteiger partial charge in [-0.2, -0.15) is 11.8 Å². The summed E-state index contributed by atoms with van der Waals surface area (Å²) in [7, 11) is 3.19. The zero-order chi connectivity index (χ0) is 12.0. The van der Waals surface area contributed by atoms with Crippen LogP contribution in [-0.4, -0.2) is 49.0 Å². The van der Waals surface area contributed by atoms with Gasteiger partial charge in [-0.1, -0.05) is 0 Å². The van der Waals surface area contributed by atoms with E-state index >= 15 is 0 Å². The molecular formula is C11H19NO3S. The van der Waals surface area contributed by atoms with Crippen LogP contribution in [0, 0.1) is 5.92 Å². The van der Waals surface area contributed by atoms with Crippen molar-refractivity contribution < 1.29 is 14.3 Å². The highest BCUT2D eigenvalue weighted by Crippen LogP contribution is 2.24. The molecule has 0 aromatic carbocycles. The number of ether oxygens (including phenoxy) is 1. The number of esters is 1.